The van der Waals surface area contributed by atoms with Crippen LogP contribution in [0.2, 0.25) is 0 Å². The van der Waals surface area contributed by atoms with E-state index in [1.54, 1.807) is 6.92 Å². The lowest BCUT2D eigenvalue weighted by atomic mass is 10.2. The Hall–Kier alpha value is -2.75. The number of hydrogen-bond donors (Lipinski definition) is 3. The lowest BCUT2D eigenvalue weighted by molar-refractivity contribution is 0.190. The Morgan fingerprint density at radius 2 is 2.25 bits per heavy atom. The number of fused-ring (bicyclic) bond motifs is 1. The summed E-state index contributed by atoms with van der Waals surface area (Å²) in [4.78, 5) is 28.2. The second-order valence-corrected chi connectivity index (χ2v) is 5.86. The number of halogens is 2. The van der Waals surface area contributed by atoms with Crippen LogP contribution in [0.1, 0.15) is 18.8 Å². The number of hydrogen-bond acceptors (Lipinski definition) is 4. The molecule has 3 N–H and O–H groups in total. The maximum atomic E-state index is 13.7. The molecule has 10 heteroatoms. The van der Waals surface area contributed by atoms with E-state index in [0.29, 0.717) is 10.3 Å². The van der Waals surface area contributed by atoms with Crippen molar-refractivity contribution in [1.29, 1.82) is 0 Å². The van der Waals surface area contributed by atoms with E-state index in [9.17, 15) is 14.0 Å². The summed E-state index contributed by atoms with van der Waals surface area (Å²) in [5.74, 6) is -0.149. The molecule has 0 saturated heterocycles. The molecule has 0 spiro atoms. The molecule has 24 heavy (non-hydrogen) atoms. The predicted octanol–water partition coefficient (Wildman–Crippen LogP) is 2.34. The van der Waals surface area contributed by atoms with Gasteiger partial charge in [-0.25, -0.2) is 18.7 Å². The van der Waals surface area contributed by atoms with E-state index in [1.165, 1.54) is 22.9 Å². The normalized spacial score (nSPS) is 12.3. The lowest BCUT2D eigenvalue weighted by Crippen LogP contribution is -2.32. The van der Waals surface area contributed by atoms with Crippen molar-refractivity contribution in [3.63, 3.8) is 0 Å². The Bertz CT molecular complexity index is 986. The summed E-state index contributed by atoms with van der Waals surface area (Å²) in [5, 5.41) is 17.7. The summed E-state index contributed by atoms with van der Waals surface area (Å²) in [7, 11) is 0. The molecule has 8 nitrogen and oxygen atoms in total. The van der Waals surface area contributed by atoms with Crippen LogP contribution in [0.15, 0.2) is 33.7 Å². The van der Waals surface area contributed by atoms with E-state index in [-0.39, 0.29) is 16.7 Å². The van der Waals surface area contributed by atoms with Crippen molar-refractivity contribution in [3.8, 4) is 5.82 Å². The molecule has 0 fully saturated rings. The molecule has 1 unspecified atom stereocenters. The fourth-order valence-electron chi connectivity index (χ4n) is 2.38. The summed E-state index contributed by atoms with van der Waals surface area (Å²) in [5.41, 5.74) is -0.301. The maximum Gasteiger partial charge on any atom is 0.405 e. The zero-order chi connectivity index (χ0) is 17.4. The van der Waals surface area contributed by atoms with Gasteiger partial charge in [0.15, 0.2) is 0 Å². The highest BCUT2D eigenvalue weighted by molar-refractivity contribution is 9.10. The number of rotatable bonds is 3. The molecule has 3 aromatic rings. The number of benzene rings is 1. The summed E-state index contributed by atoms with van der Waals surface area (Å²) in [6.07, 6.45) is 0.179. The number of carboxylic acid groups (broad SMARTS) is 1. The molecule has 0 radical (unpaired) electrons. The third kappa shape index (κ3) is 2.75. The Morgan fingerprint density at radius 1 is 1.50 bits per heavy atom. The molecule has 0 aliphatic carbocycles. The van der Waals surface area contributed by atoms with Crippen molar-refractivity contribution in [2.75, 3.05) is 0 Å². The zero-order valence-electron chi connectivity index (χ0n) is 12.2. The molecule has 0 saturated carbocycles. The van der Waals surface area contributed by atoms with Crippen LogP contribution in [-0.2, 0) is 0 Å². The minimum atomic E-state index is -1.26. The second kappa shape index (κ2) is 6.04. The number of aromatic amines is 1. The Morgan fingerprint density at radius 3 is 2.88 bits per heavy atom. The molecule has 2 heterocycles. The first-order valence-corrected chi connectivity index (χ1v) is 7.58. The highest BCUT2D eigenvalue weighted by Crippen LogP contribution is 2.24. The smallest absolute Gasteiger partial charge is 0.405 e. The summed E-state index contributed by atoms with van der Waals surface area (Å²) < 4.78 is 15.1. The molecule has 0 aliphatic rings. The van der Waals surface area contributed by atoms with Crippen molar-refractivity contribution in [3.05, 3.63) is 50.9 Å². The van der Waals surface area contributed by atoms with Gasteiger partial charge in [-0.2, -0.15) is 5.10 Å². The first-order chi connectivity index (χ1) is 11.4. The van der Waals surface area contributed by atoms with E-state index in [0.717, 1.165) is 6.07 Å². The standard InChI is InChI=1S/C14H11BrFN5O3/c1-6(18-14(23)24)12-19-11-8(4-7(16)5-9(11)15)13(22)21(12)10-2-3-17-20-10/h2-6,18H,1H3,(H,17,20)(H,23,24). The van der Waals surface area contributed by atoms with Crippen LogP contribution in [0.25, 0.3) is 16.7 Å². The average molecular weight is 396 g/mol. The number of amides is 1. The molecule has 124 valence electrons. The van der Waals surface area contributed by atoms with E-state index in [2.05, 4.69) is 36.4 Å². The van der Waals surface area contributed by atoms with Crippen molar-refractivity contribution >= 4 is 32.9 Å². The minimum absolute atomic E-state index is 0.0581. The zero-order valence-corrected chi connectivity index (χ0v) is 13.8. The van der Waals surface area contributed by atoms with Gasteiger partial charge >= 0.3 is 6.09 Å². The molecule has 1 aromatic carbocycles. The van der Waals surface area contributed by atoms with Gasteiger partial charge in [-0.05, 0) is 35.0 Å². The SMILES string of the molecule is CC(NC(=O)O)c1nc2c(Br)cc(F)cc2c(=O)n1-c1ccn[nH]1. The number of carbonyl (C=O) groups is 1. The largest absolute Gasteiger partial charge is 0.465 e. The van der Waals surface area contributed by atoms with Gasteiger partial charge in [0.25, 0.3) is 5.56 Å². The van der Waals surface area contributed by atoms with Crippen LogP contribution in [0.3, 0.4) is 0 Å². The van der Waals surface area contributed by atoms with Crippen molar-refractivity contribution in [2.24, 2.45) is 0 Å². The number of nitrogens with one attached hydrogen (secondary N) is 2. The first-order valence-electron chi connectivity index (χ1n) is 6.79. The van der Waals surface area contributed by atoms with Crippen LogP contribution in [0.5, 0.6) is 0 Å². The van der Waals surface area contributed by atoms with Crippen molar-refractivity contribution < 1.29 is 14.3 Å². The summed E-state index contributed by atoms with van der Waals surface area (Å²) >= 11 is 3.18. The molecular formula is C14H11BrFN5O3. The minimum Gasteiger partial charge on any atom is -0.465 e. The topological polar surface area (TPSA) is 113 Å². The van der Waals surface area contributed by atoms with E-state index >= 15 is 0 Å². The molecule has 1 amide bonds. The molecule has 1 atom stereocenters. The Kier molecular flexibility index (Phi) is 4.06. The Labute approximate surface area is 142 Å². The van der Waals surface area contributed by atoms with Gasteiger partial charge in [0.1, 0.15) is 17.5 Å². The highest BCUT2D eigenvalue weighted by Gasteiger charge is 2.21. The molecule has 0 aliphatic heterocycles. The van der Waals surface area contributed by atoms with Gasteiger partial charge in [-0.15, -0.1) is 0 Å². The number of H-pyrrole nitrogens is 1. The van der Waals surface area contributed by atoms with Gasteiger partial charge in [0.2, 0.25) is 0 Å². The molecule has 2 aromatic heterocycles. The van der Waals surface area contributed by atoms with Crippen LogP contribution < -0.4 is 10.9 Å². The second-order valence-electron chi connectivity index (χ2n) is 5.01. The van der Waals surface area contributed by atoms with E-state index < -0.39 is 23.5 Å². The van der Waals surface area contributed by atoms with Gasteiger partial charge in [0, 0.05) is 10.5 Å². The Balaban J connectivity index is 2.38. The van der Waals surface area contributed by atoms with Crippen LogP contribution in [0, 0.1) is 5.82 Å². The quantitative estimate of drug-likeness (QED) is 0.629. The van der Waals surface area contributed by atoms with Crippen molar-refractivity contribution in [1.82, 2.24) is 25.1 Å². The van der Waals surface area contributed by atoms with Crippen LogP contribution in [-0.4, -0.2) is 30.9 Å². The maximum absolute atomic E-state index is 13.7. The number of nitrogens with zero attached hydrogens (tertiary/aromatic N) is 3. The lowest BCUT2D eigenvalue weighted by Gasteiger charge is -2.17. The fourth-order valence-corrected chi connectivity index (χ4v) is 2.90. The van der Waals surface area contributed by atoms with Gasteiger partial charge < -0.3 is 10.4 Å². The number of aromatic nitrogens is 4. The van der Waals surface area contributed by atoms with Gasteiger partial charge in [-0.3, -0.25) is 9.89 Å². The molecular weight excluding hydrogens is 385 g/mol. The predicted molar refractivity (Wildman–Crippen MR) is 86.7 cm³/mol. The third-order valence-corrected chi connectivity index (χ3v) is 3.98. The average Bonchev–Trinajstić information content (AvgIpc) is 3.01. The van der Waals surface area contributed by atoms with Crippen molar-refractivity contribution in [2.45, 2.75) is 13.0 Å². The van der Waals surface area contributed by atoms with E-state index in [1.807, 2.05) is 0 Å². The van der Waals surface area contributed by atoms with Gasteiger partial charge in [0.05, 0.1) is 23.1 Å². The molecule has 3 rings (SSSR count). The molecule has 0 bridgehead atoms. The first kappa shape index (κ1) is 16.1. The monoisotopic (exact) mass is 395 g/mol. The van der Waals surface area contributed by atoms with Gasteiger partial charge in [-0.1, -0.05) is 0 Å². The summed E-state index contributed by atoms with van der Waals surface area (Å²) in [6, 6.07) is 3.01. The third-order valence-electron chi connectivity index (χ3n) is 3.37. The van der Waals surface area contributed by atoms with Crippen LogP contribution in [0.4, 0.5) is 9.18 Å². The van der Waals surface area contributed by atoms with E-state index in [4.69, 9.17) is 5.11 Å². The fraction of sp³-hybridized carbons (Fsp3) is 0.143. The summed E-state index contributed by atoms with van der Waals surface area (Å²) in [6.45, 7) is 1.55. The van der Waals surface area contributed by atoms with Crippen LogP contribution >= 0.6 is 15.9 Å². The highest BCUT2D eigenvalue weighted by atomic mass is 79.9.